The Kier molecular flexibility index (Phi) is 3.41. The Balaban J connectivity index is 2.47. The molecule has 0 aliphatic heterocycles. The summed E-state index contributed by atoms with van der Waals surface area (Å²) in [6.07, 6.45) is 3.20. The standard InChI is InChI=1S/C10H16N2O2/c1-10(2,3)14-8-7-12-6-4-5-11-9(12)13/h4-6H,7-8H2,1-3H3. The van der Waals surface area contributed by atoms with Crippen molar-refractivity contribution < 1.29 is 4.74 Å². The van der Waals surface area contributed by atoms with Crippen molar-refractivity contribution in [1.29, 1.82) is 0 Å². The molecule has 14 heavy (non-hydrogen) atoms. The summed E-state index contributed by atoms with van der Waals surface area (Å²) in [4.78, 5) is 14.8. The Hall–Kier alpha value is -1.16. The Morgan fingerprint density at radius 3 is 2.79 bits per heavy atom. The zero-order valence-corrected chi connectivity index (χ0v) is 8.86. The van der Waals surface area contributed by atoms with Crippen molar-refractivity contribution in [3.8, 4) is 0 Å². The van der Waals surface area contributed by atoms with Crippen molar-refractivity contribution in [3.05, 3.63) is 28.9 Å². The fourth-order valence-electron chi connectivity index (χ4n) is 1.01. The van der Waals surface area contributed by atoms with E-state index < -0.39 is 0 Å². The van der Waals surface area contributed by atoms with Crippen molar-refractivity contribution in [3.63, 3.8) is 0 Å². The first-order valence-corrected chi connectivity index (χ1v) is 4.64. The third-order valence-electron chi connectivity index (χ3n) is 1.65. The Morgan fingerprint density at radius 1 is 1.50 bits per heavy atom. The van der Waals surface area contributed by atoms with Gasteiger partial charge in [-0.25, -0.2) is 9.78 Å². The van der Waals surface area contributed by atoms with Crippen LogP contribution in [0.3, 0.4) is 0 Å². The molecule has 0 aliphatic rings. The largest absolute Gasteiger partial charge is 0.374 e. The summed E-state index contributed by atoms with van der Waals surface area (Å²) < 4.78 is 7.03. The van der Waals surface area contributed by atoms with E-state index in [1.807, 2.05) is 20.8 Å². The first-order valence-electron chi connectivity index (χ1n) is 4.64. The summed E-state index contributed by atoms with van der Waals surface area (Å²) in [6, 6.07) is 1.73. The van der Waals surface area contributed by atoms with Crippen molar-refractivity contribution in [2.75, 3.05) is 6.61 Å². The van der Waals surface area contributed by atoms with E-state index in [4.69, 9.17) is 4.74 Å². The van der Waals surface area contributed by atoms with E-state index in [-0.39, 0.29) is 11.3 Å². The maximum Gasteiger partial charge on any atom is 0.347 e. The number of nitrogens with zero attached hydrogens (tertiary/aromatic N) is 2. The monoisotopic (exact) mass is 196 g/mol. The Morgan fingerprint density at radius 2 is 2.21 bits per heavy atom. The lowest BCUT2D eigenvalue weighted by atomic mass is 10.2. The van der Waals surface area contributed by atoms with E-state index in [2.05, 4.69) is 4.98 Å². The fourth-order valence-corrected chi connectivity index (χ4v) is 1.01. The van der Waals surface area contributed by atoms with Crippen LogP contribution in [0.25, 0.3) is 0 Å². The van der Waals surface area contributed by atoms with Crippen LogP contribution < -0.4 is 5.69 Å². The van der Waals surface area contributed by atoms with Gasteiger partial charge in [0, 0.05) is 12.4 Å². The summed E-state index contributed by atoms with van der Waals surface area (Å²) in [5.41, 5.74) is -0.392. The normalized spacial score (nSPS) is 11.6. The quantitative estimate of drug-likeness (QED) is 0.726. The molecule has 0 atom stereocenters. The summed E-state index contributed by atoms with van der Waals surface area (Å²) in [5.74, 6) is 0. The Bertz CT molecular complexity index is 338. The molecule has 0 radical (unpaired) electrons. The highest BCUT2D eigenvalue weighted by Crippen LogP contribution is 2.05. The number of rotatable bonds is 3. The summed E-state index contributed by atoms with van der Waals surface area (Å²) >= 11 is 0. The zero-order valence-electron chi connectivity index (χ0n) is 8.86. The maximum atomic E-state index is 11.2. The molecule has 0 spiro atoms. The summed E-state index contributed by atoms with van der Waals surface area (Å²) in [7, 11) is 0. The van der Waals surface area contributed by atoms with Crippen LogP contribution in [0.5, 0.6) is 0 Å². The molecule has 0 unspecified atom stereocenters. The second kappa shape index (κ2) is 4.37. The number of ether oxygens (including phenoxy) is 1. The molecule has 0 aliphatic carbocycles. The van der Waals surface area contributed by atoms with Crippen LogP contribution in [-0.4, -0.2) is 21.8 Å². The molecule has 0 N–H and O–H groups in total. The van der Waals surface area contributed by atoms with E-state index in [9.17, 15) is 4.79 Å². The SMILES string of the molecule is CC(C)(C)OCCn1cccnc1=O. The highest BCUT2D eigenvalue weighted by atomic mass is 16.5. The second-order valence-electron chi connectivity index (χ2n) is 4.06. The van der Waals surface area contributed by atoms with Crippen LogP contribution in [-0.2, 0) is 11.3 Å². The minimum absolute atomic E-state index is 0.161. The minimum Gasteiger partial charge on any atom is -0.374 e. The minimum atomic E-state index is -0.231. The molecular weight excluding hydrogens is 180 g/mol. The molecule has 1 aromatic heterocycles. The molecule has 1 heterocycles. The molecule has 4 heteroatoms. The van der Waals surface area contributed by atoms with Gasteiger partial charge in [-0.1, -0.05) is 0 Å². The van der Waals surface area contributed by atoms with E-state index in [1.54, 1.807) is 12.3 Å². The van der Waals surface area contributed by atoms with Gasteiger partial charge in [0.15, 0.2) is 0 Å². The van der Waals surface area contributed by atoms with Crippen LogP contribution in [0.2, 0.25) is 0 Å². The Labute approximate surface area is 83.5 Å². The molecule has 0 saturated carbocycles. The molecule has 0 fully saturated rings. The lowest BCUT2D eigenvalue weighted by Crippen LogP contribution is -2.27. The number of aromatic nitrogens is 2. The van der Waals surface area contributed by atoms with E-state index in [0.29, 0.717) is 13.2 Å². The number of hydrogen-bond donors (Lipinski definition) is 0. The highest BCUT2D eigenvalue weighted by molar-refractivity contribution is 4.80. The molecule has 0 amide bonds. The van der Waals surface area contributed by atoms with Gasteiger partial charge in [-0.2, -0.15) is 0 Å². The van der Waals surface area contributed by atoms with Gasteiger partial charge in [0.05, 0.1) is 18.8 Å². The predicted octanol–water partition coefficient (Wildman–Crippen LogP) is 1.06. The van der Waals surface area contributed by atoms with Crippen LogP contribution in [0.1, 0.15) is 20.8 Å². The van der Waals surface area contributed by atoms with E-state index in [1.165, 1.54) is 10.8 Å². The molecule has 0 saturated heterocycles. The molecule has 4 nitrogen and oxygen atoms in total. The van der Waals surface area contributed by atoms with Crippen molar-refractivity contribution in [2.24, 2.45) is 0 Å². The van der Waals surface area contributed by atoms with Crippen LogP contribution in [0.4, 0.5) is 0 Å². The predicted molar refractivity (Wildman–Crippen MR) is 54.2 cm³/mol. The van der Waals surface area contributed by atoms with Gasteiger partial charge < -0.3 is 4.74 Å². The van der Waals surface area contributed by atoms with Crippen molar-refractivity contribution in [1.82, 2.24) is 9.55 Å². The zero-order chi connectivity index (χ0) is 10.6. The third-order valence-corrected chi connectivity index (χ3v) is 1.65. The maximum absolute atomic E-state index is 11.2. The van der Waals surface area contributed by atoms with Gasteiger partial charge in [-0.3, -0.25) is 4.57 Å². The second-order valence-corrected chi connectivity index (χ2v) is 4.06. The van der Waals surface area contributed by atoms with Gasteiger partial charge in [0.2, 0.25) is 0 Å². The molecule has 78 valence electrons. The summed E-state index contributed by atoms with van der Waals surface area (Å²) in [6.45, 7) is 7.02. The molecule has 1 aromatic rings. The third kappa shape index (κ3) is 3.70. The first-order chi connectivity index (χ1) is 6.49. The van der Waals surface area contributed by atoms with E-state index >= 15 is 0 Å². The van der Waals surface area contributed by atoms with Gasteiger partial charge in [0.1, 0.15) is 0 Å². The van der Waals surface area contributed by atoms with E-state index in [0.717, 1.165) is 0 Å². The molecule has 0 bridgehead atoms. The van der Waals surface area contributed by atoms with Crippen molar-refractivity contribution >= 4 is 0 Å². The first kappa shape index (κ1) is 10.9. The van der Waals surface area contributed by atoms with Gasteiger partial charge >= 0.3 is 5.69 Å². The number of hydrogen-bond acceptors (Lipinski definition) is 3. The van der Waals surface area contributed by atoms with Crippen molar-refractivity contribution in [2.45, 2.75) is 32.9 Å². The lowest BCUT2D eigenvalue weighted by Gasteiger charge is -2.19. The molecule has 1 rings (SSSR count). The average molecular weight is 196 g/mol. The average Bonchev–Trinajstić information content (AvgIpc) is 2.06. The lowest BCUT2D eigenvalue weighted by molar-refractivity contribution is -0.00724. The van der Waals surface area contributed by atoms with Gasteiger partial charge in [0.25, 0.3) is 0 Å². The molecular formula is C10H16N2O2. The topological polar surface area (TPSA) is 44.1 Å². The summed E-state index contributed by atoms with van der Waals surface area (Å²) in [5, 5.41) is 0. The van der Waals surface area contributed by atoms with Crippen LogP contribution >= 0.6 is 0 Å². The van der Waals surface area contributed by atoms with Crippen LogP contribution in [0.15, 0.2) is 23.3 Å². The fraction of sp³-hybridized carbons (Fsp3) is 0.600. The van der Waals surface area contributed by atoms with Gasteiger partial charge in [-0.05, 0) is 26.8 Å². The smallest absolute Gasteiger partial charge is 0.347 e. The van der Waals surface area contributed by atoms with Crippen LogP contribution in [0, 0.1) is 0 Å². The highest BCUT2D eigenvalue weighted by Gasteiger charge is 2.09. The van der Waals surface area contributed by atoms with Gasteiger partial charge in [-0.15, -0.1) is 0 Å². The molecule has 0 aromatic carbocycles.